The van der Waals surface area contributed by atoms with Gasteiger partial charge in [-0.15, -0.1) is 0 Å². The van der Waals surface area contributed by atoms with Gasteiger partial charge in [0.25, 0.3) is 5.56 Å². The van der Waals surface area contributed by atoms with Gasteiger partial charge in [0.05, 0.1) is 18.5 Å². The first-order valence-corrected chi connectivity index (χ1v) is 7.27. The Labute approximate surface area is 126 Å². The normalized spacial score (nSPS) is 28.4. The molecule has 1 aliphatic rings. The number of hydrogen-bond acceptors (Lipinski definition) is 7. The fourth-order valence-electron chi connectivity index (χ4n) is 2.73. The number of aliphatic hydroxyl groups is 1. The highest BCUT2D eigenvalue weighted by Gasteiger charge is 2.40. The van der Waals surface area contributed by atoms with E-state index in [0.29, 0.717) is 24.7 Å². The summed E-state index contributed by atoms with van der Waals surface area (Å²) in [6, 6.07) is 0. The zero-order valence-electron chi connectivity index (χ0n) is 12.5. The molecule has 0 amide bonds. The lowest BCUT2D eigenvalue weighted by molar-refractivity contribution is -0.00992. The van der Waals surface area contributed by atoms with E-state index in [9.17, 15) is 9.90 Å². The molecular formula is C13H20N6O3. The highest BCUT2D eigenvalue weighted by atomic mass is 16.5. The van der Waals surface area contributed by atoms with Crippen LogP contribution in [-0.2, 0) is 4.74 Å². The van der Waals surface area contributed by atoms with Crippen LogP contribution in [0.4, 0.5) is 5.95 Å². The molecule has 3 heterocycles. The van der Waals surface area contributed by atoms with Crippen molar-refractivity contribution in [2.75, 3.05) is 18.4 Å². The van der Waals surface area contributed by atoms with Crippen LogP contribution < -0.4 is 16.6 Å². The highest BCUT2D eigenvalue weighted by molar-refractivity contribution is 5.70. The summed E-state index contributed by atoms with van der Waals surface area (Å²) in [4.78, 5) is 23.2. The van der Waals surface area contributed by atoms with Gasteiger partial charge in [-0.05, 0) is 6.92 Å². The molecule has 4 atom stereocenters. The lowest BCUT2D eigenvalue weighted by Crippen LogP contribution is -2.23. The van der Waals surface area contributed by atoms with Crippen molar-refractivity contribution in [1.29, 1.82) is 0 Å². The van der Waals surface area contributed by atoms with E-state index in [0.717, 1.165) is 0 Å². The summed E-state index contributed by atoms with van der Waals surface area (Å²) in [5.74, 6) is 0.206. The summed E-state index contributed by atoms with van der Waals surface area (Å²) in [5.41, 5.74) is 5.76. The van der Waals surface area contributed by atoms with Gasteiger partial charge in [-0.2, -0.15) is 4.98 Å². The Bertz CT molecular complexity index is 726. The van der Waals surface area contributed by atoms with Gasteiger partial charge in [0.1, 0.15) is 6.23 Å². The van der Waals surface area contributed by atoms with E-state index in [-0.39, 0.29) is 23.1 Å². The predicted molar refractivity (Wildman–Crippen MR) is 80.4 cm³/mol. The Morgan fingerprint density at radius 1 is 1.55 bits per heavy atom. The van der Waals surface area contributed by atoms with Crippen LogP contribution in [0.1, 0.15) is 20.1 Å². The maximum Gasteiger partial charge on any atom is 0.280 e. The first kappa shape index (κ1) is 14.9. The van der Waals surface area contributed by atoms with Crippen LogP contribution in [0.5, 0.6) is 0 Å². The highest BCUT2D eigenvalue weighted by Crippen LogP contribution is 2.35. The second-order valence-electron chi connectivity index (χ2n) is 5.54. The molecule has 0 bridgehead atoms. The van der Waals surface area contributed by atoms with E-state index in [1.807, 2.05) is 13.8 Å². The SMILES string of the molecule is C[C@@H]1[C@H](O)[C@@H](C)O[C@H]1n1cnc2c(=O)[nH]c(NCCN)nc21. The molecule has 0 aliphatic carbocycles. The zero-order valence-corrected chi connectivity index (χ0v) is 12.5. The topological polar surface area (TPSA) is 131 Å². The van der Waals surface area contributed by atoms with Crippen molar-refractivity contribution in [2.45, 2.75) is 32.3 Å². The van der Waals surface area contributed by atoms with Crippen molar-refractivity contribution in [1.82, 2.24) is 19.5 Å². The van der Waals surface area contributed by atoms with Crippen molar-refractivity contribution in [3.05, 3.63) is 16.7 Å². The third-order valence-electron chi connectivity index (χ3n) is 3.97. The smallest absolute Gasteiger partial charge is 0.280 e. The minimum absolute atomic E-state index is 0.131. The Hall–Kier alpha value is -1.97. The molecule has 22 heavy (non-hydrogen) atoms. The number of nitrogens with two attached hydrogens (primary N) is 1. The third-order valence-corrected chi connectivity index (χ3v) is 3.97. The second-order valence-corrected chi connectivity index (χ2v) is 5.54. The van der Waals surface area contributed by atoms with Crippen LogP contribution in [0.3, 0.4) is 0 Å². The number of aromatic nitrogens is 4. The Kier molecular flexibility index (Phi) is 3.85. The van der Waals surface area contributed by atoms with E-state index in [1.54, 1.807) is 4.57 Å². The van der Waals surface area contributed by atoms with Gasteiger partial charge < -0.3 is 20.9 Å². The largest absolute Gasteiger partial charge is 0.390 e. The molecule has 120 valence electrons. The monoisotopic (exact) mass is 308 g/mol. The average Bonchev–Trinajstić information content (AvgIpc) is 3.02. The lowest BCUT2D eigenvalue weighted by atomic mass is 10.0. The predicted octanol–water partition coefficient (Wildman–Crippen LogP) is -0.595. The number of aromatic amines is 1. The summed E-state index contributed by atoms with van der Waals surface area (Å²) in [5, 5.41) is 13.0. The van der Waals surface area contributed by atoms with Crippen LogP contribution in [0.15, 0.2) is 11.1 Å². The van der Waals surface area contributed by atoms with Gasteiger partial charge >= 0.3 is 0 Å². The Morgan fingerprint density at radius 3 is 2.95 bits per heavy atom. The first-order chi connectivity index (χ1) is 10.5. The first-order valence-electron chi connectivity index (χ1n) is 7.27. The summed E-state index contributed by atoms with van der Waals surface area (Å²) in [6.45, 7) is 4.63. The summed E-state index contributed by atoms with van der Waals surface area (Å²) in [6.07, 6.45) is 0.256. The maximum atomic E-state index is 12.1. The van der Waals surface area contributed by atoms with Crippen molar-refractivity contribution in [3.63, 3.8) is 0 Å². The van der Waals surface area contributed by atoms with E-state index >= 15 is 0 Å². The van der Waals surface area contributed by atoms with Gasteiger partial charge in [0.15, 0.2) is 11.2 Å². The molecule has 0 radical (unpaired) electrons. The number of aliphatic hydroxyl groups excluding tert-OH is 1. The maximum absolute atomic E-state index is 12.1. The molecule has 5 N–H and O–H groups in total. The van der Waals surface area contributed by atoms with Gasteiger partial charge in [-0.3, -0.25) is 14.3 Å². The summed E-state index contributed by atoms with van der Waals surface area (Å²) >= 11 is 0. The van der Waals surface area contributed by atoms with Gasteiger partial charge in [0, 0.05) is 19.0 Å². The number of ether oxygens (including phenoxy) is 1. The van der Waals surface area contributed by atoms with Crippen molar-refractivity contribution in [2.24, 2.45) is 11.7 Å². The molecule has 1 fully saturated rings. The molecule has 3 rings (SSSR count). The molecule has 1 aliphatic heterocycles. The number of nitrogens with zero attached hydrogens (tertiary/aromatic N) is 3. The molecule has 1 saturated heterocycles. The fourth-order valence-corrected chi connectivity index (χ4v) is 2.73. The van der Waals surface area contributed by atoms with Crippen LogP contribution in [0.25, 0.3) is 11.2 Å². The van der Waals surface area contributed by atoms with Gasteiger partial charge in [-0.25, -0.2) is 4.98 Å². The quantitative estimate of drug-likeness (QED) is 0.593. The number of hydrogen-bond donors (Lipinski definition) is 4. The number of fused-ring (bicyclic) bond motifs is 1. The molecule has 9 nitrogen and oxygen atoms in total. The van der Waals surface area contributed by atoms with Crippen LogP contribution in [0, 0.1) is 5.92 Å². The van der Waals surface area contributed by atoms with Gasteiger partial charge in [0.2, 0.25) is 5.95 Å². The van der Waals surface area contributed by atoms with Crippen LogP contribution in [-0.4, -0.2) is 49.9 Å². The Balaban J connectivity index is 2.04. The van der Waals surface area contributed by atoms with Crippen molar-refractivity contribution >= 4 is 17.1 Å². The zero-order chi connectivity index (χ0) is 15.9. The van der Waals surface area contributed by atoms with Crippen molar-refractivity contribution in [3.8, 4) is 0 Å². The van der Waals surface area contributed by atoms with E-state index in [2.05, 4.69) is 20.3 Å². The van der Waals surface area contributed by atoms with E-state index < -0.39 is 12.3 Å². The number of imidazole rings is 1. The Morgan fingerprint density at radius 2 is 2.32 bits per heavy atom. The molecule has 2 aromatic heterocycles. The summed E-state index contributed by atoms with van der Waals surface area (Å²) < 4.78 is 7.47. The van der Waals surface area contributed by atoms with Crippen LogP contribution in [0.2, 0.25) is 0 Å². The molecule has 0 saturated carbocycles. The third kappa shape index (κ3) is 2.36. The summed E-state index contributed by atoms with van der Waals surface area (Å²) in [7, 11) is 0. The number of rotatable bonds is 4. The van der Waals surface area contributed by atoms with Gasteiger partial charge in [-0.1, -0.05) is 6.92 Å². The molecule has 0 aromatic carbocycles. The minimum Gasteiger partial charge on any atom is -0.390 e. The fraction of sp³-hybridized carbons (Fsp3) is 0.615. The average molecular weight is 308 g/mol. The molecule has 2 aromatic rings. The molecule has 0 unspecified atom stereocenters. The lowest BCUT2D eigenvalue weighted by Gasteiger charge is -2.17. The van der Waals surface area contributed by atoms with Crippen molar-refractivity contribution < 1.29 is 9.84 Å². The number of anilines is 1. The molecule has 0 spiro atoms. The number of nitrogens with one attached hydrogen (secondary N) is 2. The minimum atomic E-state index is -0.570. The molecular weight excluding hydrogens is 288 g/mol. The van der Waals surface area contributed by atoms with E-state index in [1.165, 1.54) is 6.33 Å². The van der Waals surface area contributed by atoms with Crippen LogP contribution >= 0.6 is 0 Å². The van der Waals surface area contributed by atoms with E-state index in [4.69, 9.17) is 10.5 Å². The molecule has 9 heteroatoms. The number of H-pyrrole nitrogens is 1. The second kappa shape index (κ2) is 5.67. The standard InChI is InChI=1S/C13H20N6O3/c1-6-9(20)7(2)22-12(6)19-5-16-8-10(19)17-13(15-4-3-14)18-11(8)21/h5-7,9,12,20H,3-4,14H2,1-2H3,(H2,15,17,18,21)/t6-,7-,9+,12-/m1/s1.